The number of aromatic nitrogens is 2. The summed E-state index contributed by atoms with van der Waals surface area (Å²) >= 11 is 0. The van der Waals surface area contributed by atoms with Gasteiger partial charge in [0.1, 0.15) is 5.60 Å². The predicted octanol–water partition coefficient (Wildman–Crippen LogP) is 2.89. The molecule has 1 heterocycles. The van der Waals surface area contributed by atoms with Crippen LogP contribution in [0, 0.1) is 0 Å². The molecule has 2 N–H and O–H groups in total. The number of nitrogens with two attached hydrogens (primary N) is 1. The summed E-state index contributed by atoms with van der Waals surface area (Å²) in [5.41, 5.74) is 5.06. The van der Waals surface area contributed by atoms with Gasteiger partial charge >= 0.3 is 0 Å². The molecule has 0 bridgehead atoms. The van der Waals surface area contributed by atoms with Crippen molar-refractivity contribution < 1.29 is 9.26 Å². The second kappa shape index (κ2) is 5.11. The van der Waals surface area contributed by atoms with Gasteiger partial charge in [-0.15, -0.1) is 0 Å². The molecule has 1 aromatic rings. The predicted molar refractivity (Wildman–Crippen MR) is 77.4 cm³/mol. The Morgan fingerprint density at radius 1 is 1.25 bits per heavy atom. The molecule has 1 aliphatic rings. The molecule has 114 valence electrons. The van der Waals surface area contributed by atoms with Gasteiger partial charge < -0.3 is 15.0 Å². The molecule has 2 rings (SSSR count). The highest BCUT2D eigenvalue weighted by Gasteiger charge is 2.44. The van der Waals surface area contributed by atoms with Crippen LogP contribution in [0.25, 0.3) is 0 Å². The number of hydrogen-bond acceptors (Lipinski definition) is 5. The van der Waals surface area contributed by atoms with E-state index in [1.807, 2.05) is 34.6 Å². The standard InChI is InChI=1S/C15H27N3O2/c1-6-19-15(9-7-8-10-15)11-17-12(20-18-11)13(2,3)14(4,5)16/h6-10,16H2,1-5H3. The van der Waals surface area contributed by atoms with Crippen molar-refractivity contribution in [2.45, 2.75) is 76.9 Å². The summed E-state index contributed by atoms with van der Waals surface area (Å²) in [4.78, 5) is 4.64. The van der Waals surface area contributed by atoms with E-state index in [0.717, 1.165) is 25.7 Å². The first kappa shape index (κ1) is 15.4. The number of rotatable bonds is 5. The molecule has 0 radical (unpaired) electrons. The van der Waals surface area contributed by atoms with Crippen LogP contribution in [0.4, 0.5) is 0 Å². The molecule has 1 aromatic heterocycles. The Morgan fingerprint density at radius 3 is 2.35 bits per heavy atom. The van der Waals surface area contributed by atoms with E-state index in [4.69, 9.17) is 15.0 Å². The largest absolute Gasteiger partial charge is 0.367 e. The average molecular weight is 281 g/mol. The Labute approximate surface area is 121 Å². The fraction of sp³-hybridized carbons (Fsp3) is 0.867. The van der Waals surface area contributed by atoms with E-state index < -0.39 is 5.54 Å². The van der Waals surface area contributed by atoms with Crippen molar-refractivity contribution in [2.75, 3.05) is 6.61 Å². The molecule has 0 amide bonds. The quantitative estimate of drug-likeness (QED) is 0.898. The van der Waals surface area contributed by atoms with Crippen molar-refractivity contribution in [3.63, 3.8) is 0 Å². The first-order valence-corrected chi connectivity index (χ1v) is 7.50. The molecule has 1 saturated carbocycles. The zero-order valence-corrected chi connectivity index (χ0v) is 13.3. The summed E-state index contributed by atoms with van der Waals surface area (Å²) in [6, 6.07) is 0. The van der Waals surface area contributed by atoms with Crippen LogP contribution in [0.5, 0.6) is 0 Å². The SMILES string of the molecule is CCOC1(c2noc(C(C)(C)C(C)(C)N)n2)CCCC1. The molecule has 0 atom stereocenters. The van der Waals surface area contributed by atoms with Gasteiger partial charge in [0.05, 0.1) is 5.41 Å². The lowest BCUT2D eigenvalue weighted by Gasteiger charge is -2.35. The highest BCUT2D eigenvalue weighted by molar-refractivity contribution is 5.13. The third kappa shape index (κ3) is 2.49. The Hall–Kier alpha value is -0.940. The van der Waals surface area contributed by atoms with Gasteiger partial charge in [-0.1, -0.05) is 5.16 Å². The second-order valence-corrected chi connectivity index (χ2v) is 6.90. The van der Waals surface area contributed by atoms with Crippen LogP contribution in [-0.2, 0) is 15.8 Å². The average Bonchev–Trinajstić information content (AvgIpc) is 2.96. The van der Waals surface area contributed by atoms with Crippen molar-refractivity contribution in [3.8, 4) is 0 Å². The highest BCUT2D eigenvalue weighted by Crippen LogP contribution is 2.42. The summed E-state index contributed by atoms with van der Waals surface area (Å²) in [6.45, 7) is 10.7. The number of hydrogen-bond donors (Lipinski definition) is 1. The van der Waals surface area contributed by atoms with Crippen molar-refractivity contribution in [1.82, 2.24) is 10.1 Å². The Kier molecular flexibility index (Phi) is 3.95. The van der Waals surface area contributed by atoms with E-state index in [1.54, 1.807) is 0 Å². The molecule has 20 heavy (non-hydrogen) atoms. The minimum atomic E-state index is -0.439. The summed E-state index contributed by atoms with van der Waals surface area (Å²) in [5.74, 6) is 1.27. The summed E-state index contributed by atoms with van der Waals surface area (Å²) in [6.07, 6.45) is 4.23. The van der Waals surface area contributed by atoms with Crippen molar-refractivity contribution in [1.29, 1.82) is 0 Å². The smallest absolute Gasteiger partial charge is 0.234 e. The Bertz CT molecular complexity index is 454. The van der Waals surface area contributed by atoms with Gasteiger partial charge in [-0.25, -0.2) is 0 Å². The third-order valence-electron chi connectivity index (χ3n) is 4.81. The van der Waals surface area contributed by atoms with E-state index in [1.165, 1.54) is 0 Å². The van der Waals surface area contributed by atoms with Crippen LogP contribution in [0.1, 0.15) is 72.0 Å². The minimum Gasteiger partial charge on any atom is -0.367 e. The maximum absolute atomic E-state index is 6.24. The third-order valence-corrected chi connectivity index (χ3v) is 4.81. The first-order valence-electron chi connectivity index (χ1n) is 7.50. The van der Waals surface area contributed by atoms with Crippen molar-refractivity contribution in [2.24, 2.45) is 5.73 Å². The maximum atomic E-state index is 6.24. The van der Waals surface area contributed by atoms with Crippen LogP contribution in [0.2, 0.25) is 0 Å². The van der Waals surface area contributed by atoms with Crippen LogP contribution < -0.4 is 5.73 Å². The molecular formula is C15H27N3O2. The topological polar surface area (TPSA) is 74.2 Å². The van der Waals surface area contributed by atoms with Gasteiger partial charge in [0.15, 0.2) is 0 Å². The Morgan fingerprint density at radius 2 is 1.85 bits per heavy atom. The van der Waals surface area contributed by atoms with E-state index in [-0.39, 0.29) is 11.0 Å². The minimum absolute atomic E-state index is 0.356. The van der Waals surface area contributed by atoms with E-state index in [0.29, 0.717) is 18.3 Å². The van der Waals surface area contributed by atoms with Gasteiger partial charge in [0.25, 0.3) is 0 Å². The Balaban J connectivity index is 2.33. The summed E-state index contributed by atoms with van der Waals surface area (Å²) in [5, 5.41) is 4.20. The molecule has 0 aliphatic heterocycles. The molecule has 5 heteroatoms. The maximum Gasteiger partial charge on any atom is 0.234 e. The lowest BCUT2D eigenvalue weighted by Crippen LogP contribution is -2.50. The van der Waals surface area contributed by atoms with Crippen molar-refractivity contribution in [3.05, 3.63) is 11.7 Å². The molecular weight excluding hydrogens is 254 g/mol. The molecule has 0 aromatic carbocycles. The molecule has 1 fully saturated rings. The van der Waals surface area contributed by atoms with E-state index in [2.05, 4.69) is 10.1 Å². The molecule has 5 nitrogen and oxygen atoms in total. The molecule has 1 aliphatic carbocycles. The van der Waals surface area contributed by atoms with Gasteiger partial charge in [0, 0.05) is 12.1 Å². The lowest BCUT2D eigenvalue weighted by atomic mass is 9.75. The van der Waals surface area contributed by atoms with Crippen LogP contribution >= 0.6 is 0 Å². The number of ether oxygens (including phenoxy) is 1. The second-order valence-electron chi connectivity index (χ2n) is 6.90. The van der Waals surface area contributed by atoms with Crippen LogP contribution in [0.3, 0.4) is 0 Å². The van der Waals surface area contributed by atoms with Crippen LogP contribution in [-0.4, -0.2) is 22.3 Å². The zero-order chi connectivity index (χ0) is 15.0. The fourth-order valence-corrected chi connectivity index (χ4v) is 2.59. The molecule has 0 saturated heterocycles. The zero-order valence-electron chi connectivity index (χ0n) is 13.3. The fourth-order valence-electron chi connectivity index (χ4n) is 2.59. The van der Waals surface area contributed by atoms with Gasteiger partial charge in [-0.3, -0.25) is 0 Å². The molecule has 0 unspecified atom stereocenters. The van der Waals surface area contributed by atoms with Gasteiger partial charge in [-0.05, 0) is 60.3 Å². The van der Waals surface area contributed by atoms with E-state index in [9.17, 15) is 0 Å². The van der Waals surface area contributed by atoms with Gasteiger partial charge in [-0.2, -0.15) is 4.98 Å². The highest BCUT2D eigenvalue weighted by atomic mass is 16.5. The first-order chi connectivity index (χ1) is 9.23. The van der Waals surface area contributed by atoms with Crippen molar-refractivity contribution >= 4 is 0 Å². The summed E-state index contributed by atoms with van der Waals surface area (Å²) < 4.78 is 11.5. The normalized spacial score (nSPS) is 19.5. The van der Waals surface area contributed by atoms with E-state index >= 15 is 0 Å². The van der Waals surface area contributed by atoms with Gasteiger partial charge in [0.2, 0.25) is 11.7 Å². The number of nitrogens with zero attached hydrogens (tertiary/aromatic N) is 2. The van der Waals surface area contributed by atoms with Crippen LogP contribution in [0.15, 0.2) is 4.52 Å². The monoisotopic (exact) mass is 281 g/mol. The molecule has 0 spiro atoms. The summed E-state index contributed by atoms with van der Waals surface area (Å²) in [7, 11) is 0. The lowest BCUT2D eigenvalue weighted by molar-refractivity contribution is -0.0469.